The molecule has 0 aromatic heterocycles. The van der Waals surface area contributed by atoms with Gasteiger partial charge in [-0.15, -0.1) is 13.8 Å². The molecule has 1 rings (SSSR count). The van der Waals surface area contributed by atoms with Gasteiger partial charge in [0.05, 0.1) is 0 Å². The zero-order valence-electron chi connectivity index (χ0n) is 11.2. The van der Waals surface area contributed by atoms with Gasteiger partial charge in [0.15, 0.2) is 0 Å². The third-order valence-corrected chi connectivity index (χ3v) is 1.80. The maximum Gasteiger partial charge on any atom is 2.00 e. The maximum atomic E-state index is 3.42. The Hall–Kier alpha value is -0.677. The summed E-state index contributed by atoms with van der Waals surface area (Å²) in [7, 11) is 0. The van der Waals surface area contributed by atoms with Crippen LogP contribution in [-0.2, 0) is 19.5 Å². The van der Waals surface area contributed by atoms with Crippen molar-refractivity contribution in [3.8, 4) is 0 Å². The first kappa shape index (κ1) is 21.6. The summed E-state index contributed by atoms with van der Waals surface area (Å²) >= 11 is 0. The molecule has 0 spiro atoms. The van der Waals surface area contributed by atoms with Crippen molar-refractivity contribution in [2.75, 3.05) is 0 Å². The molecule has 0 N–H and O–H groups in total. The summed E-state index contributed by atoms with van der Waals surface area (Å²) in [5, 5.41) is 0. The Morgan fingerprint density at radius 2 is 0.882 bits per heavy atom. The molecule has 1 heteroatoms. The molecule has 1 aliphatic rings. The molecule has 0 aromatic carbocycles. The fraction of sp³-hybridized carbons (Fsp3) is 0.375. The average Bonchev–Trinajstić information content (AvgIpc) is 2.29. The van der Waals surface area contributed by atoms with E-state index in [1.54, 1.807) is 12.2 Å². The van der Waals surface area contributed by atoms with Crippen LogP contribution in [0.4, 0.5) is 0 Å². The van der Waals surface area contributed by atoms with Gasteiger partial charge in [0.2, 0.25) is 0 Å². The molecule has 0 saturated carbocycles. The normalized spacial score (nSPS) is 13.8. The van der Waals surface area contributed by atoms with Gasteiger partial charge < -0.3 is 0 Å². The molecule has 0 atom stereocenters. The number of allylic oxidation sites excluding steroid dienone is 8. The number of hydrogen-bond acceptors (Lipinski definition) is 0. The Balaban J connectivity index is -0.000000189. The minimum Gasteiger partial charge on any atom is -0.245 e. The van der Waals surface area contributed by atoms with Gasteiger partial charge in [0.25, 0.3) is 0 Å². The van der Waals surface area contributed by atoms with Crippen molar-refractivity contribution in [3.05, 3.63) is 62.5 Å². The Bertz CT molecular complexity index is 166. The van der Waals surface area contributed by atoms with Crippen molar-refractivity contribution in [1.29, 1.82) is 0 Å². The van der Waals surface area contributed by atoms with Gasteiger partial charge >= 0.3 is 19.5 Å². The van der Waals surface area contributed by atoms with Gasteiger partial charge in [-0.2, -0.15) is 0 Å². The van der Waals surface area contributed by atoms with Crippen molar-refractivity contribution < 1.29 is 19.5 Å². The molecule has 0 aliphatic heterocycles. The van der Waals surface area contributed by atoms with Gasteiger partial charge in [-0.3, -0.25) is 0 Å². The smallest absolute Gasteiger partial charge is 0.245 e. The van der Waals surface area contributed by atoms with E-state index < -0.39 is 0 Å². The second-order valence-electron chi connectivity index (χ2n) is 3.24. The summed E-state index contributed by atoms with van der Waals surface area (Å²) in [6, 6.07) is 0. The third kappa shape index (κ3) is 31.3. The van der Waals surface area contributed by atoms with Gasteiger partial charge in [0.1, 0.15) is 0 Å². The van der Waals surface area contributed by atoms with Crippen LogP contribution in [0.3, 0.4) is 0 Å². The molecule has 0 fully saturated rings. The topological polar surface area (TPSA) is 0 Å². The second kappa shape index (κ2) is 24.5. The summed E-state index contributed by atoms with van der Waals surface area (Å²) in [6.45, 7) is 10.7. The van der Waals surface area contributed by atoms with E-state index >= 15 is 0 Å². The first-order valence-corrected chi connectivity index (χ1v) is 5.94. The molecular formula is C16H26Ru. The van der Waals surface area contributed by atoms with Gasteiger partial charge in [-0.1, -0.05) is 24.3 Å². The van der Waals surface area contributed by atoms with Gasteiger partial charge in [0, 0.05) is 0 Å². The Morgan fingerprint density at radius 3 is 1.00 bits per heavy atom. The van der Waals surface area contributed by atoms with Crippen LogP contribution in [0.1, 0.15) is 39.5 Å². The van der Waals surface area contributed by atoms with Crippen LogP contribution in [0, 0.1) is 13.8 Å². The summed E-state index contributed by atoms with van der Waals surface area (Å²) in [5.74, 6) is 0. The molecule has 0 unspecified atom stereocenters. The minimum absolute atomic E-state index is 0. The van der Waals surface area contributed by atoms with Crippen LogP contribution in [-0.4, -0.2) is 0 Å². The van der Waals surface area contributed by atoms with E-state index in [2.05, 4.69) is 38.2 Å². The largest absolute Gasteiger partial charge is 2.00 e. The number of hydrogen-bond donors (Lipinski definition) is 0. The molecule has 0 heterocycles. The third-order valence-electron chi connectivity index (χ3n) is 1.80. The first-order chi connectivity index (χ1) is 7.83. The Kier molecular flexibility index (Phi) is 31.1. The van der Waals surface area contributed by atoms with E-state index in [1.165, 1.54) is 25.7 Å². The monoisotopic (exact) mass is 320 g/mol. The van der Waals surface area contributed by atoms with Crippen LogP contribution < -0.4 is 0 Å². The van der Waals surface area contributed by atoms with E-state index in [9.17, 15) is 0 Å². The number of rotatable bonds is 0. The van der Waals surface area contributed by atoms with E-state index in [1.807, 2.05) is 26.0 Å². The zero-order valence-corrected chi connectivity index (χ0v) is 13.0. The second-order valence-corrected chi connectivity index (χ2v) is 3.24. The molecular weight excluding hydrogens is 293 g/mol. The van der Waals surface area contributed by atoms with Crippen molar-refractivity contribution >= 4 is 0 Å². The fourth-order valence-electron chi connectivity index (χ4n) is 0.856. The van der Waals surface area contributed by atoms with Crippen molar-refractivity contribution in [2.45, 2.75) is 39.5 Å². The average molecular weight is 319 g/mol. The molecule has 0 radical (unpaired) electrons. The van der Waals surface area contributed by atoms with E-state index in [4.69, 9.17) is 0 Å². The summed E-state index contributed by atoms with van der Waals surface area (Å²) < 4.78 is 0. The molecule has 1 aliphatic carbocycles. The van der Waals surface area contributed by atoms with Crippen molar-refractivity contribution in [2.24, 2.45) is 0 Å². The summed E-state index contributed by atoms with van der Waals surface area (Å²) in [6.07, 6.45) is 21.3. The maximum absolute atomic E-state index is 3.42. The van der Waals surface area contributed by atoms with Gasteiger partial charge in [-0.25, -0.2) is 38.2 Å². The van der Waals surface area contributed by atoms with Gasteiger partial charge in [-0.05, 0) is 25.7 Å². The summed E-state index contributed by atoms with van der Waals surface area (Å²) in [5.41, 5.74) is 0. The van der Waals surface area contributed by atoms with E-state index in [0.717, 1.165) is 0 Å². The summed E-state index contributed by atoms with van der Waals surface area (Å²) in [4.78, 5) is 0. The van der Waals surface area contributed by atoms with Crippen molar-refractivity contribution in [3.63, 3.8) is 0 Å². The van der Waals surface area contributed by atoms with E-state index in [-0.39, 0.29) is 19.5 Å². The predicted octanol–water partition coefficient (Wildman–Crippen LogP) is 5.46. The molecule has 0 amide bonds. The first-order valence-electron chi connectivity index (χ1n) is 5.94. The molecule has 98 valence electrons. The molecule has 0 saturated heterocycles. The van der Waals surface area contributed by atoms with Crippen LogP contribution in [0.2, 0.25) is 0 Å². The predicted molar refractivity (Wildman–Crippen MR) is 77.1 cm³/mol. The molecule has 17 heavy (non-hydrogen) atoms. The quantitative estimate of drug-likeness (QED) is 0.316. The standard InChI is InChI=1S/C8H12.2C4H7.Ru/c1-2-4-6-8-7-5-3-1;2*1-3-4-2;/h1-2,7-8H,3-6H2;2*3-4H,1H2,2H3;/q;2*-1;+2. The van der Waals surface area contributed by atoms with Crippen LogP contribution in [0.15, 0.2) is 48.6 Å². The SMILES string of the molecule is C1=CCCC=CCC1.[CH2-]C=CC.[CH2-]C=CC.[Ru+2]. The van der Waals surface area contributed by atoms with Crippen LogP contribution in [0.25, 0.3) is 0 Å². The molecule has 0 bridgehead atoms. The Labute approximate surface area is 121 Å². The minimum atomic E-state index is 0. The van der Waals surface area contributed by atoms with Crippen molar-refractivity contribution in [1.82, 2.24) is 0 Å². The zero-order chi connectivity index (χ0) is 12.5. The fourth-order valence-corrected chi connectivity index (χ4v) is 0.856. The van der Waals surface area contributed by atoms with Crippen LogP contribution in [0.5, 0.6) is 0 Å². The molecule has 0 aromatic rings. The molecule has 0 nitrogen and oxygen atoms in total. The van der Waals surface area contributed by atoms with Crippen LogP contribution >= 0.6 is 0 Å². The Morgan fingerprint density at radius 1 is 0.706 bits per heavy atom. The van der Waals surface area contributed by atoms with E-state index in [0.29, 0.717) is 0 Å².